The molecular weight excluding hydrogens is 326 g/mol. The van der Waals surface area contributed by atoms with Crippen LogP contribution in [0.15, 0.2) is 0 Å². The first kappa shape index (κ1) is 22.4. The largest absolute Gasteiger partial charge is 0.387 e. The molecular formula is C14H23NO9. The molecule has 0 aliphatic heterocycles. The molecule has 10 heteroatoms. The van der Waals surface area contributed by atoms with E-state index in [1.54, 1.807) is 0 Å². The van der Waals surface area contributed by atoms with Crippen molar-refractivity contribution in [2.24, 2.45) is 5.73 Å². The second-order valence-corrected chi connectivity index (χ2v) is 5.73. The lowest BCUT2D eigenvalue weighted by molar-refractivity contribution is -0.238. The van der Waals surface area contributed by atoms with Gasteiger partial charge >= 0.3 is 0 Å². The number of nitrogens with two attached hydrogens (primary N) is 1. The third-order valence-electron chi connectivity index (χ3n) is 4.04. The minimum Gasteiger partial charge on any atom is -0.387 e. The summed E-state index contributed by atoms with van der Waals surface area (Å²) in [6.07, 6.45) is -7.53. The SMILES string of the molecule is CC(=O)C(N)C(O)C(O)(C(C)=O)C(O)(C(C)=O)C(O)C(O)C(C)=O. The summed E-state index contributed by atoms with van der Waals surface area (Å²) in [5, 5.41) is 50.9. The quantitative estimate of drug-likeness (QED) is 0.240. The number of Topliss-reactive ketones (excluding diaryl/α,β-unsaturated/α-hetero) is 4. The maximum absolute atomic E-state index is 11.9. The third-order valence-corrected chi connectivity index (χ3v) is 4.04. The summed E-state index contributed by atoms with van der Waals surface area (Å²) in [5.74, 6) is -4.84. The lowest BCUT2D eigenvalue weighted by Crippen LogP contribution is -2.77. The van der Waals surface area contributed by atoms with E-state index in [1.165, 1.54) is 0 Å². The maximum atomic E-state index is 11.9. The van der Waals surface area contributed by atoms with Crippen molar-refractivity contribution in [3.63, 3.8) is 0 Å². The van der Waals surface area contributed by atoms with Gasteiger partial charge < -0.3 is 31.3 Å². The van der Waals surface area contributed by atoms with Gasteiger partial charge in [0.1, 0.15) is 24.1 Å². The molecule has 0 saturated carbocycles. The van der Waals surface area contributed by atoms with Crippen LogP contribution >= 0.6 is 0 Å². The molecule has 0 aliphatic rings. The summed E-state index contributed by atoms with van der Waals surface area (Å²) >= 11 is 0. The van der Waals surface area contributed by atoms with Crippen molar-refractivity contribution >= 4 is 23.1 Å². The summed E-state index contributed by atoms with van der Waals surface area (Å²) in [6.45, 7) is 3.05. The van der Waals surface area contributed by atoms with Gasteiger partial charge in [-0.3, -0.25) is 19.2 Å². The molecule has 0 aromatic rings. The van der Waals surface area contributed by atoms with Crippen LogP contribution in [0.4, 0.5) is 0 Å². The zero-order valence-electron chi connectivity index (χ0n) is 13.8. The van der Waals surface area contributed by atoms with E-state index in [4.69, 9.17) is 5.73 Å². The number of hydrogen-bond donors (Lipinski definition) is 6. The number of carbonyl (C=O) groups is 4. The molecule has 0 amide bonds. The van der Waals surface area contributed by atoms with Gasteiger partial charge in [-0.15, -0.1) is 0 Å². The number of aliphatic hydroxyl groups excluding tert-OH is 3. The van der Waals surface area contributed by atoms with Crippen LogP contribution < -0.4 is 5.73 Å². The van der Waals surface area contributed by atoms with Gasteiger partial charge in [-0.2, -0.15) is 0 Å². The Bertz CT molecular complexity index is 500. The van der Waals surface area contributed by atoms with Crippen molar-refractivity contribution in [3.8, 4) is 0 Å². The molecule has 0 spiro atoms. The van der Waals surface area contributed by atoms with Crippen LogP contribution in [0.1, 0.15) is 27.7 Å². The van der Waals surface area contributed by atoms with E-state index in [1.807, 2.05) is 0 Å². The predicted molar refractivity (Wildman–Crippen MR) is 78.6 cm³/mol. The average molecular weight is 349 g/mol. The molecule has 138 valence electrons. The van der Waals surface area contributed by atoms with E-state index in [0.717, 1.165) is 13.8 Å². The second kappa shape index (κ2) is 7.55. The molecule has 10 nitrogen and oxygen atoms in total. The summed E-state index contributed by atoms with van der Waals surface area (Å²) in [4.78, 5) is 46.4. The third kappa shape index (κ3) is 3.43. The lowest BCUT2D eigenvalue weighted by atomic mass is 9.67. The fourth-order valence-electron chi connectivity index (χ4n) is 2.34. The molecule has 0 aliphatic carbocycles. The number of hydrogen-bond acceptors (Lipinski definition) is 10. The van der Waals surface area contributed by atoms with Gasteiger partial charge in [0.25, 0.3) is 0 Å². The number of ketones is 4. The average Bonchev–Trinajstić information content (AvgIpc) is 2.49. The Morgan fingerprint density at radius 1 is 0.750 bits per heavy atom. The fraction of sp³-hybridized carbons (Fsp3) is 0.714. The predicted octanol–water partition coefficient (Wildman–Crippen LogP) is -3.79. The summed E-state index contributed by atoms with van der Waals surface area (Å²) in [7, 11) is 0. The molecule has 0 heterocycles. The first-order valence-corrected chi connectivity index (χ1v) is 6.94. The molecule has 0 rings (SSSR count). The normalized spacial score (nSPS) is 21.6. The molecule has 6 atom stereocenters. The van der Waals surface area contributed by atoms with Crippen molar-refractivity contribution in [3.05, 3.63) is 0 Å². The van der Waals surface area contributed by atoms with Gasteiger partial charge in [-0.1, -0.05) is 0 Å². The zero-order chi connectivity index (χ0) is 19.6. The number of aliphatic hydroxyl groups is 5. The van der Waals surface area contributed by atoms with Gasteiger partial charge in [0.2, 0.25) is 0 Å². The van der Waals surface area contributed by atoms with Crippen molar-refractivity contribution in [2.75, 3.05) is 0 Å². The van der Waals surface area contributed by atoms with E-state index in [-0.39, 0.29) is 0 Å². The maximum Gasteiger partial charge on any atom is 0.190 e. The van der Waals surface area contributed by atoms with E-state index in [0.29, 0.717) is 13.8 Å². The van der Waals surface area contributed by atoms with Crippen LogP contribution in [0.25, 0.3) is 0 Å². The highest BCUT2D eigenvalue weighted by Crippen LogP contribution is 2.34. The minimum atomic E-state index is -3.50. The van der Waals surface area contributed by atoms with Crippen molar-refractivity contribution in [1.29, 1.82) is 0 Å². The zero-order valence-corrected chi connectivity index (χ0v) is 13.8. The lowest BCUT2D eigenvalue weighted by Gasteiger charge is -2.46. The molecule has 0 radical (unpaired) electrons. The van der Waals surface area contributed by atoms with Crippen molar-refractivity contribution in [1.82, 2.24) is 0 Å². The van der Waals surface area contributed by atoms with Gasteiger partial charge in [0.05, 0.1) is 6.04 Å². The molecule has 0 saturated heterocycles. The molecule has 0 aromatic heterocycles. The van der Waals surface area contributed by atoms with Crippen LogP contribution in [0.5, 0.6) is 0 Å². The smallest absolute Gasteiger partial charge is 0.190 e. The first-order valence-electron chi connectivity index (χ1n) is 6.94. The van der Waals surface area contributed by atoms with E-state index < -0.39 is 58.7 Å². The topological polar surface area (TPSA) is 195 Å². The van der Waals surface area contributed by atoms with Crippen LogP contribution in [0, 0.1) is 0 Å². The Morgan fingerprint density at radius 2 is 1.08 bits per heavy atom. The number of carbonyl (C=O) groups excluding carboxylic acids is 4. The second-order valence-electron chi connectivity index (χ2n) is 5.73. The molecule has 6 unspecified atom stereocenters. The minimum absolute atomic E-state index is 0.649. The van der Waals surface area contributed by atoms with E-state index in [9.17, 15) is 44.7 Å². The van der Waals surface area contributed by atoms with Gasteiger partial charge in [0.15, 0.2) is 28.6 Å². The molecule has 7 N–H and O–H groups in total. The molecule has 0 fully saturated rings. The fourth-order valence-corrected chi connectivity index (χ4v) is 2.34. The molecule has 0 aromatic carbocycles. The van der Waals surface area contributed by atoms with Crippen LogP contribution in [-0.2, 0) is 19.2 Å². The van der Waals surface area contributed by atoms with Gasteiger partial charge in [0, 0.05) is 0 Å². The van der Waals surface area contributed by atoms with Gasteiger partial charge in [-0.25, -0.2) is 0 Å². The summed E-state index contributed by atoms with van der Waals surface area (Å²) < 4.78 is 0. The van der Waals surface area contributed by atoms with E-state index >= 15 is 0 Å². The Labute approximate surface area is 137 Å². The van der Waals surface area contributed by atoms with Crippen molar-refractivity contribution < 1.29 is 44.7 Å². The van der Waals surface area contributed by atoms with Crippen LogP contribution in [-0.4, -0.2) is 84.2 Å². The van der Waals surface area contributed by atoms with Crippen LogP contribution in [0.3, 0.4) is 0 Å². The highest BCUT2D eigenvalue weighted by atomic mass is 16.4. The highest BCUT2D eigenvalue weighted by molar-refractivity contribution is 6.00. The molecule has 24 heavy (non-hydrogen) atoms. The first-order chi connectivity index (χ1) is 10.7. The standard InChI is InChI=1S/C14H23NO9/c1-5(16)9(15)11(21)13(23,7(3)18)14(24,8(4)19)12(22)10(20)6(2)17/h9-12,20-24H,15H2,1-4H3. The number of rotatable bonds is 9. The summed E-state index contributed by atoms with van der Waals surface area (Å²) in [5.41, 5.74) is -1.59. The molecule has 0 bridgehead atoms. The monoisotopic (exact) mass is 349 g/mol. The summed E-state index contributed by atoms with van der Waals surface area (Å²) in [6, 6.07) is -1.90. The Balaban J connectivity index is 6.49. The van der Waals surface area contributed by atoms with Crippen molar-refractivity contribution in [2.45, 2.75) is 63.3 Å². The van der Waals surface area contributed by atoms with Gasteiger partial charge in [-0.05, 0) is 27.7 Å². The Hall–Kier alpha value is -1.56. The highest BCUT2D eigenvalue weighted by Gasteiger charge is 2.66. The Morgan fingerprint density at radius 3 is 1.33 bits per heavy atom. The Kier molecular flexibility index (Phi) is 7.06. The van der Waals surface area contributed by atoms with E-state index in [2.05, 4.69) is 0 Å². The van der Waals surface area contributed by atoms with Crippen LogP contribution in [0.2, 0.25) is 0 Å².